The molecule has 0 spiro atoms. The zero-order valence-electron chi connectivity index (χ0n) is 11.7. The topological polar surface area (TPSA) is 66.6 Å². The molecule has 2 rings (SSSR count). The predicted octanol–water partition coefficient (Wildman–Crippen LogP) is 1.75. The van der Waals surface area contributed by atoms with Crippen molar-refractivity contribution in [1.82, 2.24) is 9.21 Å². The number of nitrogens with two attached hydrogens (primary N) is 1. The summed E-state index contributed by atoms with van der Waals surface area (Å²) in [7, 11) is -3.53. The Morgan fingerprint density at radius 1 is 1.40 bits per heavy atom. The van der Waals surface area contributed by atoms with Crippen molar-refractivity contribution < 1.29 is 8.42 Å². The molecular weight excluding hydrogens is 342 g/mol. The standard InChI is InChI=1S/C13H20BrN3O2S/c1-3-16-6-7-17(9-10(16)2)20(18,19)13-8-11(14)4-5-12(13)15/h4-5,8,10H,3,6-7,9,15H2,1-2H3. The molecule has 112 valence electrons. The van der Waals surface area contributed by atoms with Gasteiger partial charge in [-0.05, 0) is 31.7 Å². The second-order valence-electron chi connectivity index (χ2n) is 5.02. The fourth-order valence-electron chi connectivity index (χ4n) is 2.52. The average Bonchev–Trinajstić information content (AvgIpc) is 2.41. The van der Waals surface area contributed by atoms with Gasteiger partial charge in [-0.3, -0.25) is 4.90 Å². The second-order valence-corrected chi connectivity index (χ2v) is 7.84. The van der Waals surface area contributed by atoms with Gasteiger partial charge >= 0.3 is 0 Å². The molecule has 20 heavy (non-hydrogen) atoms. The van der Waals surface area contributed by atoms with Gasteiger partial charge in [0.2, 0.25) is 10.0 Å². The number of hydrogen-bond donors (Lipinski definition) is 1. The second kappa shape index (κ2) is 6.01. The summed E-state index contributed by atoms with van der Waals surface area (Å²) in [5.74, 6) is 0. The van der Waals surface area contributed by atoms with Crippen molar-refractivity contribution in [1.29, 1.82) is 0 Å². The molecule has 0 aliphatic carbocycles. The van der Waals surface area contributed by atoms with E-state index >= 15 is 0 Å². The summed E-state index contributed by atoms with van der Waals surface area (Å²) < 4.78 is 27.7. The normalized spacial score (nSPS) is 22.1. The number of rotatable bonds is 3. The first-order valence-electron chi connectivity index (χ1n) is 6.65. The Labute approximate surface area is 128 Å². The molecule has 1 aliphatic heterocycles. The van der Waals surface area contributed by atoms with Crippen LogP contribution in [0.25, 0.3) is 0 Å². The summed E-state index contributed by atoms with van der Waals surface area (Å²) >= 11 is 3.30. The lowest BCUT2D eigenvalue weighted by atomic mass is 10.2. The predicted molar refractivity (Wildman–Crippen MR) is 84.0 cm³/mol. The molecule has 0 amide bonds. The Kier molecular flexibility index (Phi) is 4.73. The third-order valence-corrected chi connectivity index (χ3v) is 6.14. The van der Waals surface area contributed by atoms with Gasteiger partial charge in [0.25, 0.3) is 0 Å². The molecular formula is C13H20BrN3O2S. The molecule has 1 heterocycles. The first kappa shape index (κ1) is 15.8. The Hall–Kier alpha value is -0.630. The fourth-order valence-corrected chi connectivity index (χ4v) is 4.69. The number of sulfonamides is 1. The van der Waals surface area contributed by atoms with Crippen molar-refractivity contribution in [2.24, 2.45) is 0 Å². The van der Waals surface area contributed by atoms with Crippen molar-refractivity contribution in [3.05, 3.63) is 22.7 Å². The number of likely N-dealkylation sites (N-methyl/N-ethyl adjacent to an activating group) is 1. The van der Waals surface area contributed by atoms with Crippen LogP contribution in [0, 0.1) is 0 Å². The van der Waals surface area contributed by atoms with E-state index in [9.17, 15) is 8.42 Å². The summed E-state index contributed by atoms with van der Waals surface area (Å²) in [6, 6.07) is 5.15. The molecule has 1 fully saturated rings. The van der Waals surface area contributed by atoms with E-state index < -0.39 is 10.0 Å². The lowest BCUT2D eigenvalue weighted by Gasteiger charge is -2.38. The van der Waals surface area contributed by atoms with Crippen molar-refractivity contribution >= 4 is 31.6 Å². The minimum absolute atomic E-state index is 0.184. The monoisotopic (exact) mass is 361 g/mol. The molecule has 5 nitrogen and oxygen atoms in total. The van der Waals surface area contributed by atoms with Crippen LogP contribution in [0.1, 0.15) is 13.8 Å². The van der Waals surface area contributed by atoms with Crippen LogP contribution in [0.4, 0.5) is 5.69 Å². The molecule has 0 aromatic heterocycles. The Balaban J connectivity index is 2.30. The van der Waals surface area contributed by atoms with E-state index in [-0.39, 0.29) is 10.9 Å². The van der Waals surface area contributed by atoms with Crippen molar-refractivity contribution in [3.63, 3.8) is 0 Å². The van der Waals surface area contributed by atoms with E-state index in [2.05, 4.69) is 34.7 Å². The molecule has 1 unspecified atom stereocenters. The van der Waals surface area contributed by atoms with Crippen molar-refractivity contribution in [2.45, 2.75) is 24.8 Å². The summed E-state index contributed by atoms with van der Waals surface area (Å²) in [6.07, 6.45) is 0. The lowest BCUT2D eigenvalue weighted by Crippen LogP contribution is -2.53. The van der Waals surface area contributed by atoms with Crippen LogP contribution < -0.4 is 5.73 Å². The van der Waals surface area contributed by atoms with Crippen LogP contribution in [-0.4, -0.2) is 49.8 Å². The first-order valence-corrected chi connectivity index (χ1v) is 8.88. The average molecular weight is 362 g/mol. The summed E-state index contributed by atoms with van der Waals surface area (Å²) in [4.78, 5) is 2.46. The number of hydrogen-bond acceptors (Lipinski definition) is 4. The molecule has 1 aromatic rings. The number of nitrogen functional groups attached to an aromatic ring is 1. The lowest BCUT2D eigenvalue weighted by molar-refractivity contribution is 0.135. The summed E-state index contributed by atoms with van der Waals surface area (Å²) in [6.45, 7) is 6.84. The van der Waals surface area contributed by atoms with Crippen molar-refractivity contribution in [2.75, 3.05) is 31.9 Å². The van der Waals surface area contributed by atoms with Gasteiger partial charge in [0.1, 0.15) is 4.90 Å². The Morgan fingerprint density at radius 2 is 2.10 bits per heavy atom. The number of anilines is 1. The van der Waals surface area contributed by atoms with Crippen LogP contribution in [0.3, 0.4) is 0 Å². The van der Waals surface area contributed by atoms with Crippen LogP contribution in [0.5, 0.6) is 0 Å². The molecule has 2 N–H and O–H groups in total. The largest absolute Gasteiger partial charge is 0.398 e. The fraction of sp³-hybridized carbons (Fsp3) is 0.538. The smallest absolute Gasteiger partial charge is 0.245 e. The van der Waals surface area contributed by atoms with Crippen LogP contribution in [0.15, 0.2) is 27.6 Å². The third-order valence-electron chi connectivity index (χ3n) is 3.73. The zero-order chi connectivity index (χ0) is 14.9. The third kappa shape index (κ3) is 3.00. The summed E-state index contributed by atoms with van der Waals surface area (Å²) in [5.41, 5.74) is 6.12. The highest BCUT2D eigenvalue weighted by atomic mass is 79.9. The molecule has 0 saturated carbocycles. The zero-order valence-corrected chi connectivity index (χ0v) is 14.1. The van der Waals surface area contributed by atoms with E-state index in [1.54, 1.807) is 18.2 Å². The Morgan fingerprint density at radius 3 is 2.70 bits per heavy atom. The van der Waals surface area contributed by atoms with Crippen LogP contribution in [0.2, 0.25) is 0 Å². The SMILES string of the molecule is CCN1CCN(S(=O)(=O)c2cc(Br)ccc2N)CC1C. The highest BCUT2D eigenvalue weighted by molar-refractivity contribution is 9.10. The van der Waals surface area contributed by atoms with Crippen LogP contribution in [-0.2, 0) is 10.0 Å². The van der Waals surface area contributed by atoms with Gasteiger partial charge in [-0.25, -0.2) is 8.42 Å². The van der Waals surface area contributed by atoms with E-state index in [1.165, 1.54) is 4.31 Å². The van der Waals surface area contributed by atoms with E-state index in [0.29, 0.717) is 23.2 Å². The molecule has 7 heteroatoms. The van der Waals surface area contributed by atoms with Gasteiger partial charge in [-0.2, -0.15) is 4.31 Å². The maximum atomic E-state index is 12.7. The van der Waals surface area contributed by atoms with Crippen LogP contribution >= 0.6 is 15.9 Å². The highest BCUT2D eigenvalue weighted by Gasteiger charge is 2.32. The highest BCUT2D eigenvalue weighted by Crippen LogP contribution is 2.27. The van der Waals surface area contributed by atoms with E-state index in [4.69, 9.17) is 5.73 Å². The molecule has 1 atom stereocenters. The summed E-state index contributed by atoms with van der Waals surface area (Å²) in [5, 5.41) is 0. The molecule has 0 bridgehead atoms. The maximum absolute atomic E-state index is 12.7. The number of halogens is 1. The van der Waals surface area contributed by atoms with Gasteiger partial charge in [0.05, 0.1) is 5.69 Å². The first-order chi connectivity index (χ1) is 9.36. The maximum Gasteiger partial charge on any atom is 0.245 e. The van der Waals surface area contributed by atoms with Crippen molar-refractivity contribution in [3.8, 4) is 0 Å². The minimum Gasteiger partial charge on any atom is -0.398 e. The number of nitrogens with zero attached hydrogens (tertiary/aromatic N) is 2. The van der Waals surface area contributed by atoms with Gasteiger partial charge < -0.3 is 5.73 Å². The molecule has 1 aromatic carbocycles. The molecule has 0 radical (unpaired) electrons. The molecule has 1 aliphatic rings. The number of benzene rings is 1. The van der Waals surface area contributed by atoms with Gasteiger partial charge in [0, 0.05) is 30.1 Å². The van der Waals surface area contributed by atoms with E-state index in [0.717, 1.165) is 13.1 Å². The Bertz CT molecular complexity index is 591. The van der Waals surface area contributed by atoms with Gasteiger partial charge in [-0.15, -0.1) is 0 Å². The number of piperazine rings is 1. The van der Waals surface area contributed by atoms with Gasteiger partial charge in [-0.1, -0.05) is 22.9 Å². The van der Waals surface area contributed by atoms with E-state index in [1.807, 2.05) is 0 Å². The quantitative estimate of drug-likeness (QED) is 0.832. The van der Waals surface area contributed by atoms with Gasteiger partial charge in [0.15, 0.2) is 0 Å². The molecule has 1 saturated heterocycles. The minimum atomic E-state index is -3.53.